The Hall–Kier alpha value is -1.60. The number of nitrogens with one attached hydrogen (secondary N) is 1. The molecular formula is C14H19NO5S. The van der Waals surface area contributed by atoms with Gasteiger partial charge in [0.1, 0.15) is 10.6 Å². The summed E-state index contributed by atoms with van der Waals surface area (Å²) in [5, 5.41) is 8.99. The average molecular weight is 313 g/mol. The molecule has 1 aromatic carbocycles. The number of hydrogen-bond donors (Lipinski definition) is 2. The van der Waals surface area contributed by atoms with E-state index >= 15 is 0 Å². The van der Waals surface area contributed by atoms with Crippen LogP contribution in [0.3, 0.4) is 0 Å². The van der Waals surface area contributed by atoms with Gasteiger partial charge in [-0.25, -0.2) is 17.9 Å². The van der Waals surface area contributed by atoms with Crippen LogP contribution < -0.4 is 9.46 Å². The van der Waals surface area contributed by atoms with Gasteiger partial charge in [-0.2, -0.15) is 0 Å². The minimum absolute atomic E-state index is 0.00921. The lowest BCUT2D eigenvalue weighted by molar-refractivity contribution is 0.0696. The zero-order valence-corrected chi connectivity index (χ0v) is 12.9. The van der Waals surface area contributed by atoms with Crippen LogP contribution in [0, 0.1) is 5.41 Å². The Balaban J connectivity index is 2.29. The van der Waals surface area contributed by atoms with Gasteiger partial charge in [0.15, 0.2) is 0 Å². The van der Waals surface area contributed by atoms with Crippen molar-refractivity contribution in [2.45, 2.75) is 31.1 Å². The molecule has 0 atom stereocenters. The first-order valence-electron chi connectivity index (χ1n) is 6.68. The summed E-state index contributed by atoms with van der Waals surface area (Å²) in [5.74, 6) is -1.05. The molecule has 1 aliphatic rings. The monoisotopic (exact) mass is 313 g/mol. The van der Waals surface area contributed by atoms with Crippen LogP contribution in [0.1, 0.15) is 36.5 Å². The number of rotatable bonds is 6. The molecule has 6 nitrogen and oxygen atoms in total. The van der Waals surface area contributed by atoms with Gasteiger partial charge in [-0.1, -0.05) is 13.3 Å². The Bertz CT molecular complexity index is 649. The summed E-state index contributed by atoms with van der Waals surface area (Å²) in [5.41, 5.74) is -0.101. The lowest BCUT2D eigenvalue weighted by Gasteiger charge is -2.38. The molecule has 7 heteroatoms. The third kappa shape index (κ3) is 3.36. The number of aromatic carboxylic acids is 1. The summed E-state index contributed by atoms with van der Waals surface area (Å²) in [7, 11) is -2.46. The maximum Gasteiger partial charge on any atom is 0.335 e. The van der Waals surface area contributed by atoms with Gasteiger partial charge in [-0.3, -0.25) is 0 Å². The molecule has 1 fully saturated rings. The van der Waals surface area contributed by atoms with Crippen molar-refractivity contribution in [3.05, 3.63) is 23.8 Å². The Morgan fingerprint density at radius 2 is 2.10 bits per heavy atom. The van der Waals surface area contributed by atoms with Crippen LogP contribution in [0.5, 0.6) is 5.75 Å². The van der Waals surface area contributed by atoms with Crippen LogP contribution in [0.25, 0.3) is 0 Å². The van der Waals surface area contributed by atoms with E-state index in [9.17, 15) is 13.2 Å². The molecule has 1 aliphatic carbocycles. The summed E-state index contributed by atoms with van der Waals surface area (Å²) in [4.78, 5) is 10.9. The Labute approximate surface area is 124 Å². The lowest BCUT2D eigenvalue weighted by atomic mass is 9.71. The average Bonchev–Trinajstić information content (AvgIpc) is 2.42. The second kappa shape index (κ2) is 5.65. The molecule has 0 spiro atoms. The van der Waals surface area contributed by atoms with Crippen molar-refractivity contribution in [3.8, 4) is 5.75 Å². The minimum atomic E-state index is -3.81. The number of sulfonamides is 1. The minimum Gasteiger partial charge on any atom is -0.495 e. The van der Waals surface area contributed by atoms with Crippen molar-refractivity contribution in [3.63, 3.8) is 0 Å². The molecule has 0 bridgehead atoms. The molecule has 0 radical (unpaired) electrons. The van der Waals surface area contributed by atoms with Crippen molar-refractivity contribution >= 4 is 16.0 Å². The smallest absolute Gasteiger partial charge is 0.335 e. The molecule has 2 N–H and O–H groups in total. The predicted octanol–water partition coefficient (Wildman–Crippen LogP) is 1.86. The van der Waals surface area contributed by atoms with Crippen molar-refractivity contribution in [1.82, 2.24) is 4.72 Å². The number of ether oxygens (including phenoxy) is 1. The van der Waals surface area contributed by atoms with Gasteiger partial charge in [0.2, 0.25) is 10.0 Å². The van der Waals surface area contributed by atoms with Crippen molar-refractivity contribution in [1.29, 1.82) is 0 Å². The maximum atomic E-state index is 12.4. The van der Waals surface area contributed by atoms with Crippen LogP contribution in [-0.4, -0.2) is 33.1 Å². The quantitative estimate of drug-likeness (QED) is 0.836. The van der Waals surface area contributed by atoms with Crippen LogP contribution in [0.2, 0.25) is 0 Å². The summed E-state index contributed by atoms with van der Waals surface area (Å²) in [6, 6.07) is 3.78. The first-order valence-corrected chi connectivity index (χ1v) is 8.17. The van der Waals surface area contributed by atoms with Gasteiger partial charge in [-0.15, -0.1) is 0 Å². The zero-order valence-electron chi connectivity index (χ0n) is 12.0. The number of carbonyl (C=O) groups is 1. The first kappa shape index (κ1) is 15.8. The molecule has 0 amide bonds. The summed E-state index contributed by atoms with van der Waals surface area (Å²) in [6.45, 7) is 2.37. The molecule has 1 saturated carbocycles. The van der Waals surface area contributed by atoms with E-state index in [0.29, 0.717) is 6.54 Å². The van der Waals surface area contributed by atoms with Gasteiger partial charge in [-0.05, 0) is 36.5 Å². The number of methoxy groups -OCH3 is 1. The fourth-order valence-electron chi connectivity index (χ4n) is 2.32. The van der Waals surface area contributed by atoms with E-state index in [4.69, 9.17) is 9.84 Å². The standard InChI is InChI=1S/C14H19NO5S/c1-14(6-3-7-14)9-15-21(18,19)12-8-10(13(16)17)4-5-11(12)20-2/h4-5,8,15H,3,6-7,9H2,1-2H3,(H,16,17). The normalized spacial score (nSPS) is 17.0. The summed E-state index contributed by atoms with van der Waals surface area (Å²) >= 11 is 0. The molecule has 1 aromatic rings. The molecule has 0 aliphatic heterocycles. The van der Waals surface area contributed by atoms with E-state index in [1.54, 1.807) is 0 Å². The van der Waals surface area contributed by atoms with Crippen molar-refractivity contribution < 1.29 is 23.1 Å². The summed E-state index contributed by atoms with van der Waals surface area (Å²) in [6.07, 6.45) is 3.08. The first-order chi connectivity index (χ1) is 9.77. The topological polar surface area (TPSA) is 92.7 Å². The number of benzene rings is 1. The Morgan fingerprint density at radius 1 is 1.43 bits per heavy atom. The van der Waals surface area contributed by atoms with Gasteiger partial charge < -0.3 is 9.84 Å². The van der Waals surface area contributed by atoms with Crippen molar-refractivity contribution in [2.24, 2.45) is 5.41 Å². The largest absolute Gasteiger partial charge is 0.495 e. The SMILES string of the molecule is COc1ccc(C(=O)O)cc1S(=O)(=O)NCC1(C)CCC1. The van der Waals surface area contributed by atoms with E-state index in [1.165, 1.54) is 19.2 Å². The second-order valence-corrected chi connectivity index (χ2v) is 7.39. The lowest BCUT2D eigenvalue weighted by Crippen LogP contribution is -2.40. The van der Waals surface area contributed by atoms with E-state index in [-0.39, 0.29) is 21.6 Å². The van der Waals surface area contributed by atoms with E-state index in [2.05, 4.69) is 4.72 Å². The van der Waals surface area contributed by atoms with Gasteiger partial charge in [0, 0.05) is 6.54 Å². The number of carboxylic acids is 1. The van der Waals surface area contributed by atoms with Gasteiger partial charge in [0.25, 0.3) is 0 Å². The molecule has 2 rings (SSSR count). The summed E-state index contributed by atoms with van der Waals surface area (Å²) < 4.78 is 32.4. The van der Waals surface area contributed by atoms with E-state index in [0.717, 1.165) is 25.3 Å². The molecule has 116 valence electrons. The van der Waals surface area contributed by atoms with Gasteiger partial charge in [0.05, 0.1) is 12.7 Å². The number of carboxylic acid groups (broad SMARTS) is 1. The molecule has 0 unspecified atom stereocenters. The molecule has 0 heterocycles. The van der Waals surface area contributed by atoms with Gasteiger partial charge >= 0.3 is 5.97 Å². The highest BCUT2D eigenvalue weighted by atomic mass is 32.2. The van der Waals surface area contributed by atoms with Crippen LogP contribution in [0.4, 0.5) is 0 Å². The van der Waals surface area contributed by atoms with E-state index in [1.807, 2.05) is 6.92 Å². The molecule has 0 saturated heterocycles. The molecular weight excluding hydrogens is 294 g/mol. The number of hydrogen-bond acceptors (Lipinski definition) is 4. The highest BCUT2D eigenvalue weighted by Crippen LogP contribution is 2.39. The molecule has 21 heavy (non-hydrogen) atoms. The maximum absolute atomic E-state index is 12.4. The fraction of sp³-hybridized carbons (Fsp3) is 0.500. The van der Waals surface area contributed by atoms with Crippen molar-refractivity contribution in [2.75, 3.05) is 13.7 Å². The van der Waals surface area contributed by atoms with Crippen LogP contribution in [-0.2, 0) is 10.0 Å². The van der Waals surface area contributed by atoms with Crippen LogP contribution >= 0.6 is 0 Å². The Morgan fingerprint density at radius 3 is 2.57 bits per heavy atom. The zero-order chi connectivity index (χ0) is 15.7. The van der Waals surface area contributed by atoms with E-state index < -0.39 is 16.0 Å². The third-order valence-corrected chi connectivity index (χ3v) is 5.37. The van der Waals surface area contributed by atoms with Crippen LogP contribution in [0.15, 0.2) is 23.1 Å². The highest BCUT2D eigenvalue weighted by Gasteiger charge is 2.33. The predicted molar refractivity (Wildman–Crippen MR) is 77.1 cm³/mol. The fourth-order valence-corrected chi connectivity index (χ4v) is 3.72. The second-order valence-electron chi connectivity index (χ2n) is 5.66. The highest BCUT2D eigenvalue weighted by molar-refractivity contribution is 7.89. The third-order valence-electron chi connectivity index (χ3n) is 3.95. The Kier molecular flexibility index (Phi) is 4.25. The molecule has 0 aromatic heterocycles.